The maximum absolute atomic E-state index is 12.0. The van der Waals surface area contributed by atoms with E-state index in [1.807, 2.05) is 7.05 Å². The monoisotopic (exact) mass is 316 g/mol. The van der Waals surface area contributed by atoms with E-state index in [1.165, 1.54) is 11.1 Å². The summed E-state index contributed by atoms with van der Waals surface area (Å²) >= 11 is 0. The topological polar surface area (TPSA) is 49.4 Å². The van der Waals surface area contributed by atoms with Crippen LogP contribution < -0.4 is 5.32 Å². The molecule has 0 aliphatic carbocycles. The molecule has 1 saturated heterocycles. The van der Waals surface area contributed by atoms with Gasteiger partial charge >= 0.3 is 0 Å². The lowest BCUT2D eigenvalue weighted by Crippen LogP contribution is -2.30. The Morgan fingerprint density at radius 2 is 1.91 bits per heavy atom. The van der Waals surface area contributed by atoms with Crippen molar-refractivity contribution >= 4 is 11.8 Å². The summed E-state index contributed by atoms with van der Waals surface area (Å²) in [5.41, 5.74) is 2.64. The van der Waals surface area contributed by atoms with Crippen LogP contribution in [-0.2, 0) is 21.4 Å². The average Bonchev–Trinajstić information content (AvgIpc) is 2.81. The molecule has 1 heterocycles. The molecule has 1 aromatic carbocycles. The van der Waals surface area contributed by atoms with E-state index < -0.39 is 0 Å². The van der Waals surface area contributed by atoms with Crippen molar-refractivity contribution in [3.8, 4) is 0 Å². The van der Waals surface area contributed by atoms with Crippen LogP contribution in [-0.4, -0.2) is 36.9 Å². The van der Waals surface area contributed by atoms with E-state index in [4.69, 9.17) is 0 Å². The van der Waals surface area contributed by atoms with Gasteiger partial charge in [0.25, 0.3) is 0 Å². The highest BCUT2D eigenvalue weighted by atomic mass is 16.2. The van der Waals surface area contributed by atoms with Gasteiger partial charge in [0.2, 0.25) is 11.8 Å². The summed E-state index contributed by atoms with van der Waals surface area (Å²) in [5.74, 6) is 0.484. The van der Waals surface area contributed by atoms with Crippen molar-refractivity contribution in [2.75, 3.05) is 20.1 Å². The van der Waals surface area contributed by atoms with Gasteiger partial charge in [-0.05, 0) is 23.0 Å². The first kappa shape index (κ1) is 17.5. The zero-order valence-corrected chi connectivity index (χ0v) is 14.7. The van der Waals surface area contributed by atoms with Crippen LogP contribution in [0.4, 0.5) is 0 Å². The first-order chi connectivity index (χ1) is 10.8. The van der Waals surface area contributed by atoms with Gasteiger partial charge in [-0.15, -0.1) is 0 Å². The lowest BCUT2D eigenvalue weighted by atomic mass is 9.86. The van der Waals surface area contributed by atoms with Crippen LogP contribution in [0, 0.1) is 5.92 Å². The molecular formula is C19H28N2O2. The average molecular weight is 316 g/mol. The zero-order valence-electron chi connectivity index (χ0n) is 14.7. The predicted molar refractivity (Wildman–Crippen MR) is 92.2 cm³/mol. The molecule has 23 heavy (non-hydrogen) atoms. The largest absolute Gasteiger partial charge is 0.356 e. The highest BCUT2D eigenvalue weighted by molar-refractivity contribution is 5.79. The Bertz CT molecular complexity index is 558. The van der Waals surface area contributed by atoms with Crippen molar-refractivity contribution in [2.24, 2.45) is 5.92 Å². The maximum Gasteiger partial charge on any atom is 0.222 e. The van der Waals surface area contributed by atoms with Crippen molar-refractivity contribution in [2.45, 2.75) is 45.4 Å². The van der Waals surface area contributed by atoms with Gasteiger partial charge in [-0.2, -0.15) is 0 Å². The second-order valence-corrected chi connectivity index (χ2v) is 7.60. The minimum atomic E-state index is 0.0619. The summed E-state index contributed by atoms with van der Waals surface area (Å²) < 4.78 is 0. The summed E-state index contributed by atoms with van der Waals surface area (Å²) in [4.78, 5) is 25.1. The molecule has 1 atom stereocenters. The second kappa shape index (κ2) is 7.16. The Labute approximate surface area is 139 Å². The van der Waals surface area contributed by atoms with Crippen molar-refractivity contribution in [3.05, 3.63) is 35.4 Å². The third-order valence-corrected chi connectivity index (χ3v) is 4.47. The number of aryl methyl sites for hydroxylation is 1. The van der Waals surface area contributed by atoms with Crippen molar-refractivity contribution in [3.63, 3.8) is 0 Å². The maximum atomic E-state index is 12.0. The molecular weight excluding hydrogens is 288 g/mol. The number of hydrogen-bond acceptors (Lipinski definition) is 2. The molecule has 1 unspecified atom stereocenters. The van der Waals surface area contributed by atoms with Crippen molar-refractivity contribution < 1.29 is 9.59 Å². The van der Waals surface area contributed by atoms with Gasteiger partial charge in [-0.3, -0.25) is 9.59 Å². The molecule has 2 rings (SSSR count). The smallest absolute Gasteiger partial charge is 0.222 e. The highest BCUT2D eigenvalue weighted by Gasteiger charge is 2.26. The van der Waals surface area contributed by atoms with Gasteiger partial charge in [-0.1, -0.05) is 45.0 Å². The summed E-state index contributed by atoms with van der Waals surface area (Å²) in [6.07, 6.45) is 1.79. The number of nitrogens with one attached hydrogen (secondary N) is 1. The molecule has 1 aliphatic heterocycles. The van der Waals surface area contributed by atoms with E-state index in [2.05, 4.69) is 50.4 Å². The number of hydrogen-bond donors (Lipinski definition) is 1. The van der Waals surface area contributed by atoms with E-state index in [0.717, 1.165) is 13.0 Å². The molecule has 0 aromatic heterocycles. The lowest BCUT2D eigenvalue weighted by Gasteiger charge is -2.19. The molecule has 0 saturated carbocycles. The Hall–Kier alpha value is -1.84. The highest BCUT2D eigenvalue weighted by Crippen LogP contribution is 2.22. The van der Waals surface area contributed by atoms with E-state index in [1.54, 1.807) is 4.90 Å². The quantitative estimate of drug-likeness (QED) is 0.907. The van der Waals surface area contributed by atoms with Gasteiger partial charge in [0, 0.05) is 38.9 Å². The lowest BCUT2D eigenvalue weighted by molar-refractivity contribution is -0.126. The Kier molecular flexibility index (Phi) is 5.45. The molecule has 0 bridgehead atoms. The van der Waals surface area contributed by atoms with Crippen LogP contribution >= 0.6 is 0 Å². The number of carbonyl (C=O) groups is 2. The van der Waals surface area contributed by atoms with E-state index in [0.29, 0.717) is 19.4 Å². The fraction of sp³-hybridized carbons (Fsp3) is 0.579. The van der Waals surface area contributed by atoms with Crippen LogP contribution in [0.1, 0.15) is 44.7 Å². The molecule has 1 aliphatic rings. The number of likely N-dealkylation sites (tertiary alicyclic amines) is 1. The number of benzene rings is 1. The van der Waals surface area contributed by atoms with Crippen molar-refractivity contribution in [1.82, 2.24) is 10.2 Å². The van der Waals surface area contributed by atoms with Gasteiger partial charge in [0.15, 0.2) is 0 Å². The summed E-state index contributed by atoms with van der Waals surface area (Å²) in [5, 5.41) is 2.95. The Morgan fingerprint density at radius 3 is 2.43 bits per heavy atom. The third-order valence-electron chi connectivity index (χ3n) is 4.47. The molecule has 126 valence electrons. The molecule has 1 aromatic rings. The number of amides is 2. The van der Waals surface area contributed by atoms with E-state index in [9.17, 15) is 9.59 Å². The SMILES string of the molecule is CN1CC(CNC(=O)CCc2ccc(C(C)(C)C)cc2)CC1=O. The summed E-state index contributed by atoms with van der Waals surface area (Å²) in [7, 11) is 1.81. The molecule has 0 spiro atoms. The fourth-order valence-electron chi connectivity index (χ4n) is 2.87. The zero-order chi connectivity index (χ0) is 17.0. The second-order valence-electron chi connectivity index (χ2n) is 7.60. The minimum Gasteiger partial charge on any atom is -0.356 e. The molecule has 4 nitrogen and oxygen atoms in total. The van der Waals surface area contributed by atoms with Gasteiger partial charge in [0.1, 0.15) is 0 Å². The van der Waals surface area contributed by atoms with Crippen molar-refractivity contribution in [1.29, 1.82) is 0 Å². The van der Waals surface area contributed by atoms with Gasteiger partial charge in [0.05, 0.1) is 0 Å². The van der Waals surface area contributed by atoms with Crippen LogP contribution in [0.3, 0.4) is 0 Å². The molecule has 1 fully saturated rings. The van der Waals surface area contributed by atoms with Crippen LogP contribution in [0.15, 0.2) is 24.3 Å². The summed E-state index contributed by atoms with van der Waals surface area (Å²) in [6.45, 7) is 7.92. The normalized spacial score (nSPS) is 18.3. The number of nitrogens with zero attached hydrogens (tertiary/aromatic N) is 1. The third kappa shape index (κ3) is 5.08. The van der Waals surface area contributed by atoms with E-state index >= 15 is 0 Å². The Morgan fingerprint density at radius 1 is 1.26 bits per heavy atom. The van der Waals surface area contributed by atoms with Gasteiger partial charge < -0.3 is 10.2 Å². The minimum absolute atomic E-state index is 0.0619. The first-order valence-corrected chi connectivity index (χ1v) is 8.36. The van der Waals surface area contributed by atoms with Crippen LogP contribution in [0.25, 0.3) is 0 Å². The number of carbonyl (C=O) groups excluding carboxylic acids is 2. The standard InChI is InChI=1S/C19H28N2O2/c1-19(2,3)16-8-5-14(6-9-16)7-10-17(22)20-12-15-11-18(23)21(4)13-15/h5-6,8-9,15H,7,10-13H2,1-4H3,(H,20,22). The Balaban J connectivity index is 1.73. The molecule has 1 N–H and O–H groups in total. The molecule has 2 amide bonds. The van der Waals surface area contributed by atoms with Crippen LogP contribution in [0.5, 0.6) is 0 Å². The molecule has 0 radical (unpaired) electrons. The molecule has 4 heteroatoms. The van der Waals surface area contributed by atoms with Crippen LogP contribution in [0.2, 0.25) is 0 Å². The fourth-order valence-corrected chi connectivity index (χ4v) is 2.87. The van der Waals surface area contributed by atoms with E-state index in [-0.39, 0.29) is 23.1 Å². The van der Waals surface area contributed by atoms with Gasteiger partial charge in [-0.25, -0.2) is 0 Å². The summed E-state index contributed by atoms with van der Waals surface area (Å²) in [6, 6.07) is 8.51. The predicted octanol–water partition coefficient (Wildman–Crippen LogP) is 2.51. The number of rotatable bonds is 5. The first-order valence-electron chi connectivity index (χ1n) is 8.36.